The van der Waals surface area contributed by atoms with Gasteiger partial charge in [-0.3, -0.25) is 9.69 Å². The first kappa shape index (κ1) is 13.8. The molecule has 1 N–H and O–H groups in total. The molecule has 0 radical (unpaired) electrons. The summed E-state index contributed by atoms with van der Waals surface area (Å²) in [5, 5.41) is 2.66. The lowest BCUT2D eigenvalue weighted by Crippen LogP contribution is -2.47. The summed E-state index contributed by atoms with van der Waals surface area (Å²) in [5.41, 5.74) is 0.699. The number of benzene rings is 1. The van der Waals surface area contributed by atoms with E-state index < -0.39 is 0 Å². The topological polar surface area (TPSA) is 35.6 Å². The SMILES string of the molecule is O=CNCCCN1CCN(c2ccccc2F)CC1. The highest BCUT2D eigenvalue weighted by Crippen LogP contribution is 2.19. The Labute approximate surface area is 113 Å². The molecule has 0 aromatic heterocycles. The van der Waals surface area contributed by atoms with Crippen molar-refractivity contribution in [3.8, 4) is 0 Å². The largest absolute Gasteiger partial charge is 0.367 e. The molecule has 1 fully saturated rings. The zero-order valence-corrected chi connectivity index (χ0v) is 11.0. The molecule has 19 heavy (non-hydrogen) atoms. The molecule has 0 saturated carbocycles. The Morgan fingerprint density at radius 1 is 1.21 bits per heavy atom. The van der Waals surface area contributed by atoms with E-state index >= 15 is 0 Å². The lowest BCUT2D eigenvalue weighted by Gasteiger charge is -2.36. The standard InChI is InChI=1S/C14H20FN3O/c15-13-4-1-2-5-14(13)18-10-8-17(9-11-18)7-3-6-16-12-19/h1-2,4-5,12H,3,6-11H2,(H,16,19). The average molecular weight is 265 g/mol. The van der Waals surface area contributed by atoms with Crippen molar-refractivity contribution in [2.75, 3.05) is 44.2 Å². The third-order valence-electron chi connectivity index (χ3n) is 3.44. The summed E-state index contributed by atoms with van der Waals surface area (Å²) >= 11 is 0. The number of anilines is 1. The van der Waals surface area contributed by atoms with Crippen LogP contribution in [0, 0.1) is 5.82 Å². The Hall–Kier alpha value is -1.62. The average Bonchev–Trinajstić information content (AvgIpc) is 2.45. The fourth-order valence-corrected chi connectivity index (χ4v) is 2.38. The molecule has 1 saturated heterocycles. The molecule has 1 aromatic rings. The number of para-hydroxylation sites is 1. The Kier molecular flexibility index (Phi) is 5.15. The quantitative estimate of drug-likeness (QED) is 0.617. The molecule has 1 amide bonds. The van der Waals surface area contributed by atoms with E-state index in [0.29, 0.717) is 5.69 Å². The van der Waals surface area contributed by atoms with Gasteiger partial charge in [-0.05, 0) is 25.1 Å². The monoisotopic (exact) mass is 265 g/mol. The van der Waals surface area contributed by atoms with Crippen molar-refractivity contribution in [1.29, 1.82) is 0 Å². The lowest BCUT2D eigenvalue weighted by atomic mass is 10.2. The molecule has 1 aliphatic rings. The highest BCUT2D eigenvalue weighted by Gasteiger charge is 2.18. The Balaban J connectivity index is 1.76. The molecule has 0 spiro atoms. The minimum absolute atomic E-state index is 0.147. The summed E-state index contributed by atoms with van der Waals surface area (Å²) in [6, 6.07) is 6.93. The van der Waals surface area contributed by atoms with Gasteiger partial charge in [0.1, 0.15) is 5.82 Å². The van der Waals surface area contributed by atoms with E-state index in [1.807, 2.05) is 12.1 Å². The number of piperazine rings is 1. The van der Waals surface area contributed by atoms with E-state index in [9.17, 15) is 9.18 Å². The van der Waals surface area contributed by atoms with E-state index in [1.165, 1.54) is 6.07 Å². The Bertz CT molecular complexity index is 405. The Morgan fingerprint density at radius 2 is 1.95 bits per heavy atom. The third-order valence-corrected chi connectivity index (χ3v) is 3.44. The summed E-state index contributed by atoms with van der Waals surface area (Å²) in [7, 11) is 0. The highest BCUT2D eigenvalue weighted by molar-refractivity contribution is 5.48. The first-order valence-corrected chi connectivity index (χ1v) is 6.70. The molecule has 5 heteroatoms. The summed E-state index contributed by atoms with van der Waals surface area (Å²) in [5.74, 6) is -0.147. The molecule has 104 valence electrons. The summed E-state index contributed by atoms with van der Waals surface area (Å²) < 4.78 is 13.7. The summed E-state index contributed by atoms with van der Waals surface area (Å²) in [6.45, 7) is 5.28. The van der Waals surface area contributed by atoms with Crippen LogP contribution in [0.15, 0.2) is 24.3 Å². The van der Waals surface area contributed by atoms with Gasteiger partial charge in [0, 0.05) is 32.7 Å². The minimum atomic E-state index is -0.147. The summed E-state index contributed by atoms with van der Waals surface area (Å²) in [6.07, 6.45) is 1.69. The number of hydrogen-bond acceptors (Lipinski definition) is 3. The lowest BCUT2D eigenvalue weighted by molar-refractivity contribution is -0.109. The first-order chi connectivity index (χ1) is 9.31. The van der Waals surface area contributed by atoms with Gasteiger partial charge >= 0.3 is 0 Å². The number of halogens is 1. The van der Waals surface area contributed by atoms with Gasteiger partial charge < -0.3 is 10.2 Å². The van der Waals surface area contributed by atoms with Crippen LogP contribution < -0.4 is 10.2 Å². The molecule has 1 aliphatic heterocycles. The van der Waals surface area contributed by atoms with E-state index in [1.54, 1.807) is 6.07 Å². The maximum Gasteiger partial charge on any atom is 0.207 e. The van der Waals surface area contributed by atoms with E-state index in [2.05, 4.69) is 15.1 Å². The summed E-state index contributed by atoms with van der Waals surface area (Å²) in [4.78, 5) is 14.6. The van der Waals surface area contributed by atoms with Gasteiger partial charge in [-0.2, -0.15) is 0 Å². The van der Waals surface area contributed by atoms with Crippen LogP contribution in [-0.2, 0) is 4.79 Å². The molecular formula is C14H20FN3O. The van der Waals surface area contributed by atoms with Crippen LogP contribution in [0.1, 0.15) is 6.42 Å². The number of hydrogen-bond donors (Lipinski definition) is 1. The van der Waals surface area contributed by atoms with Crippen LogP contribution in [0.4, 0.5) is 10.1 Å². The van der Waals surface area contributed by atoms with Gasteiger partial charge in [-0.25, -0.2) is 4.39 Å². The van der Waals surface area contributed by atoms with Gasteiger partial charge in [-0.1, -0.05) is 12.1 Å². The van der Waals surface area contributed by atoms with Crippen LogP contribution in [0.5, 0.6) is 0 Å². The minimum Gasteiger partial charge on any atom is -0.367 e. The van der Waals surface area contributed by atoms with Crippen molar-refractivity contribution < 1.29 is 9.18 Å². The number of carbonyl (C=O) groups is 1. The van der Waals surface area contributed by atoms with Crippen molar-refractivity contribution in [1.82, 2.24) is 10.2 Å². The zero-order valence-electron chi connectivity index (χ0n) is 11.0. The second kappa shape index (κ2) is 7.09. The van der Waals surface area contributed by atoms with Crippen molar-refractivity contribution in [2.24, 2.45) is 0 Å². The van der Waals surface area contributed by atoms with Crippen molar-refractivity contribution in [2.45, 2.75) is 6.42 Å². The van der Waals surface area contributed by atoms with E-state index in [0.717, 1.165) is 52.1 Å². The van der Waals surface area contributed by atoms with Gasteiger partial charge in [0.15, 0.2) is 0 Å². The smallest absolute Gasteiger partial charge is 0.207 e. The normalized spacial score (nSPS) is 16.4. The van der Waals surface area contributed by atoms with Crippen LogP contribution in [0.3, 0.4) is 0 Å². The fourth-order valence-electron chi connectivity index (χ4n) is 2.38. The van der Waals surface area contributed by atoms with Crippen molar-refractivity contribution in [3.63, 3.8) is 0 Å². The molecular weight excluding hydrogens is 245 g/mol. The van der Waals surface area contributed by atoms with Gasteiger partial charge in [0.05, 0.1) is 5.69 Å². The Morgan fingerprint density at radius 3 is 2.63 bits per heavy atom. The molecule has 0 unspecified atom stereocenters. The van der Waals surface area contributed by atoms with Gasteiger partial charge in [0.25, 0.3) is 0 Å². The number of rotatable bonds is 6. The molecule has 0 aliphatic carbocycles. The molecule has 2 rings (SSSR count). The predicted octanol–water partition coefficient (Wildman–Crippen LogP) is 1.08. The number of nitrogens with zero attached hydrogens (tertiary/aromatic N) is 2. The van der Waals surface area contributed by atoms with Gasteiger partial charge in [-0.15, -0.1) is 0 Å². The highest BCUT2D eigenvalue weighted by atomic mass is 19.1. The number of carbonyl (C=O) groups excluding carboxylic acids is 1. The second-order valence-electron chi connectivity index (χ2n) is 4.71. The number of amides is 1. The van der Waals surface area contributed by atoms with Gasteiger partial charge in [0.2, 0.25) is 6.41 Å². The van der Waals surface area contributed by atoms with E-state index in [-0.39, 0.29) is 5.82 Å². The molecule has 0 bridgehead atoms. The third kappa shape index (κ3) is 3.92. The molecule has 0 atom stereocenters. The first-order valence-electron chi connectivity index (χ1n) is 6.70. The maximum atomic E-state index is 13.7. The van der Waals surface area contributed by atoms with Crippen LogP contribution in [0.25, 0.3) is 0 Å². The van der Waals surface area contributed by atoms with Crippen LogP contribution in [-0.4, -0.2) is 50.6 Å². The molecule has 1 heterocycles. The fraction of sp³-hybridized carbons (Fsp3) is 0.500. The van der Waals surface area contributed by atoms with Crippen molar-refractivity contribution in [3.05, 3.63) is 30.1 Å². The molecule has 1 aromatic carbocycles. The van der Waals surface area contributed by atoms with Crippen molar-refractivity contribution >= 4 is 12.1 Å². The second-order valence-corrected chi connectivity index (χ2v) is 4.71. The number of nitrogens with one attached hydrogen (secondary N) is 1. The zero-order chi connectivity index (χ0) is 13.5. The predicted molar refractivity (Wildman–Crippen MR) is 73.7 cm³/mol. The van der Waals surface area contributed by atoms with E-state index in [4.69, 9.17) is 0 Å². The van der Waals surface area contributed by atoms with Crippen LogP contribution in [0.2, 0.25) is 0 Å². The molecule has 4 nitrogen and oxygen atoms in total. The maximum absolute atomic E-state index is 13.7. The van der Waals surface area contributed by atoms with Crippen LogP contribution >= 0.6 is 0 Å².